The van der Waals surface area contributed by atoms with E-state index in [0.29, 0.717) is 12.0 Å². The van der Waals surface area contributed by atoms with Gasteiger partial charge in [0.2, 0.25) is 0 Å². The van der Waals surface area contributed by atoms with Gasteiger partial charge in [0.1, 0.15) is 0 Å². The summed E-state index contributed by atoms with van der Waals surface area (Å²) < 4.78 is 0. The van der Waals surface area contributed by atoms with Gasteiger partial charge in [-0.15, -0.1) is 0 Å². The Morgan fingerprint density at radius 1 is 1.26 bits per heavy atom. The number of benzene rings is 1. The van der Waals surface area contributed by atoms with E-state index < -0.39 is 12.0 Å². The number of carbonyl (C=O) groups is 2. The summed E-state index contributed by atoms with van der Waals surface area (Å²) in [5.74, 6) is -0.881. The van der Waals surface area contributed by atoms with Crippen molar-refractivity contribution in [3.8, 4) is 0 Å². The van der Waals surface area contributed by atoms with Crippen molar-refractivity contribution in [3.63, 3.8) is 0 Å². The summed E-state index contributed by atoms with van der Waals surface area (Å²) in [5, 5.41) is 8.77. The summed E-state index contributed by atoms with van der Waals surface area (Å²) in [4.78, 5) is 25.0. The van der Waals surface area contributed by atoms with E-state index in [4.69, 9.17) is 5.11 Å². The molecule has 0 fully saturated rings. The first-order valence-corrected chi connectivity index (χ1v) is 6.32. The number of aryl methyl sites for hydroxylation is 2. The van der Waals surface area contributed by atoms with Gasteiger partial charge in [0.25, 0.3) is 0 Å². The molecule has 104 valence electrons. The van der Waals surface area contributed by atoms with Crippen molar-refractivity contribution < 1.29 is 14.7 Å². The summed E-state index contributed by atoms with van der Waals surface area (Å²) in [6.07, 6.45) is 0.327. The third kappa shape index (κ3) is 4.17. The fourth-order valence-corrected chi connectivity index (χ4v) is 2.06. The lowest BCUT2D eigenvalue weighted by Crippen LogP contribution is -2.36. The van der Waals surface area contributed by atoms with Crippen LogP contribution in [0.25, 0.3) is 0 Å². The molecule has 0 aliphatic carbocycles. The molecule has 1 aromatic carbocycles. The highest BCUT2D eigenvalue weighted by atomic mass is 16.4. The van der Waals surface area contributed by atoms with Gasteiger partial charge in [0.15, 0.2) is 5.78 Å². The van der Waals surface area contributed by atoms with Gasteiger partial charge in [0.05, 0.1) is 6.04 Å². The van der Waals surface area contributed by atoms with E-state index in [0.717, 1.165) is 11.1 Å². The molecule has 0 aliphatic heterocycles. The summed E-state index contributed by atoms with van der Waals surface area (Å²) in [6.45, 7) is 3.84. The first kappa shape index (κ1) is 15.4. The third-order valence-electron chi connectivity index (χ3n) is 3.22. The topological polar surface area (TPSA) is 57.6 Å². The molecular weight excluding hydrogens is 242 g/mol. The predicted molar refractivity (Wildman–Crippen MR) is 74.6 cm³/mol. The number of ketones is 1. The van der Waals surface area contributed by atoms with Crippen molar-refractivity contribution in [2.45, 2.75) is 32.7 Å². The van der Waals surface area contributed by atoms with Gasteiger partial charge < -0.3 is 5.11 Å². The second-order valence-electron chi connectivity index (χ2n) is 5.09. The van der Waals surface area contributed by atoms with Crippen molar-refractivity contribution in [1.29, 1.82) is 0 Å². The number of hydrogen-bond donors (Lipinski definition) is 1. The predicted octanol–water partition coefficient (Wildman–Crippen LogP) is 2.28. The molecule has 0 radical (unpaired) electrons. The molecule has 19 heavy (non-hydrogen) atoms. The standard InChI is InChI=1S/C15H21NO3/c1-10-5-6-11(2)12(9-10)15(19)13(16(3)4)7-8-14(17)18/h5-6,9,13H,7-8H2,1-4H3,(H,17,18). The van der Waals surface area contributed by atoms with E-state index in [1.807, 2.05) is 32.0 Å². The number of Topliss-reactive ketones (excluding diaryl/α,β-unsaturated/α-hetero) is 1. The molecule has 0 saturated heterocycles. The zero-order valence-electron chi connectivity index (χ0n) is 11.9. The van der Waals surface area contributed by atoms with Gasteiger partial charge in [-0.3, -0.25) is 14.5 Å². The minimum absolute atomic E-state index is 0.000546. The van der Waals surface area contributed by atoms with Gasteiger partial charge in [-0.2, -0.15) is 0 Å². The molecule has 1 N–H and O–H groups in total. The quantitative estimate of drug-likeness (QED) is 0.800. The van der Waals surface area contributed by atoms with E-state index in [2.05, 4.69) is 0 Å². The highest BCUT2D eigenvalue weighted by Gasteiger charge is 2.24. The zero-order chi connectivity index (χ0) is 14.6. The number of nitrogens with zero attached hydrogens (tertiary/aromatic N) is 1. The molecule has 0 aliphatic rings. The maximum absolute atomic E-state index is 12.5. The van der Waals surface area contributed by atoms with Crippen molar-refractivity contribution >= 4 is 11.8 Å². The van der Waals surface area contributed by atoms with E-state index in [9.17, 15) is 9.59 Å². The Hall–Kier alpha value is -1.68. The molecule has 0 aromatic heterocycles. The normalized spacial score (nSPS) is 12.5. The average Bonchev–Trinajstić information content (AvgIpc) is 2.31. The fraction of sp³-hybridized carbons (Fsp3) is 0.467. The Bertz CT molecular complexity index is 480. The van der Waals surface area contributed by atoms with Crippen LogP contribution in [0.15, 0.2) is 18.2 Å². The smallest absolute Gasteiger partial charge is 0.303 e. The Balaban J connectivity index is 2.99. The molecule has 0 bridgehead atoms. The summed E-state index contributed by atoms with van der Waals surface area (Å²) >= 11 is 0. The summed E-state index contributed by atoms with van der Waals surface area (Å²) in [7, 11) is 3.60. The lowest BCUT2D eigenvalue weighted by molar-refractivity contribution is -0.137. The second-order valence-corrected chi connectivity index (χ2v) is 5.09. The molecule has 4 nitrogen and oxygen atoms in total. The van der Waals surface area contributed by atoms with Gasteiger partial charge >= 0.3 is 5.97 Å². The van der Waals surface area contributed by atoms with Crippen molar-refractivity contribution in [2.75, 3.05) is 14.1 Å². The van der Waals surface area contributed by atoms with Crippen LogP contribution in [0.3, 0.4) is 0 Å². The van der Waals surface area contributed by atoms with Gasteiger partial charge in [-0.05, 0) is 46.0 Å². The van der Waals surface area contributed by atoms with Crippen LogP contribution in [-0.2, 0) is 4.79 Å². The van der Waals surface area contributed by atoms with Gasteiger partial charge in [-0.25, -0.2) is 0 Å². The number of carbonyl (C=O) groups excluding carboxylic acids is 1. The average molecular weight is 263 g/mol. The molecule has 4 heteroatoms. The van der Waals surface area contributed by atoms with Crippen LogP contribution in [0.2, 0.25) is 0 Å². The minimum Gasteiger partial charge on any atom is -0.481 e. The van der Waals surface area contributed by atoms with E-state index in [-0.39, 0.29) is 12.2 Å². The fourth-order valence-electron chi connectivity index (χ4n) is 2.06. The number of hydrogen-bond acceptors (Lipinski definition) is 3. The first-order chi connectivity index (χ1) is 8.82. The SMILES string of the molecule is Cc1ccc(C)c(C(=O)C(CCC(=O)O)N(C)C)c1. The molecule has 0 heterocycles. The molecule has 1 rings (SSSR count). The largest absolute Gasteiger partial charge is 0.481 e. The Labute approximate surface area is 114 Å². The summed E-state index contributed by atoms with van der Waals surface area (Å²) in [6, 6.07) is 5.37. The first-order valence-electron chi connectivity index (χ1n) is 6.32. The number of carboxylic acid groups (broad SMARTS) is 1. The number of carboxylic acids is 1. The Kier molecular flexibility index (Phi) is 5.24. The molecule has 0 spiro atoms. The number of aliphatic carboxylic acids is 1. The van der Waals surface area contributed by atoms with Crippen LogP contribution in [0.5, 0.6) is 0 Å². The van der Waals surface area contributed by atoms with Gasteiger partial charge in [0, 0.05) is 12.0 Å². The lowest BCUT2D eigenvalue weighted by atomic mass is 9.94. The van der Waals surface area contributed by atoms with Crippen LogP contribution in [-0.4, -0.2) is 41.9 Å². The van der Waals surface area contributed by atoms with Crippen molar-refractivity contribution in [1.82, 2.24) is 4.90 Å². The van der Waals surface area contributed by atoms with E-state index >= 15 is 0 Å². The second kappa shape index (κ2) is 6.48. The molecule has 1 aromatic rings. The van der Waals surface area contributed by atoms with Crippen LogP contribution >= 0.6 is 0 Å². The van der Waals surface area contributed by atoms with Crippen molar-refractivity contribution in [3.05, 3.63) is 34.9 Å². The molecule has 0 amide bonds. The Morgan fingerprint density at radius 2 is 1.89 bits per heavy atom. The molecular formula is C15H21NO3. The van der Waals surface area contributed by atoms with Crippen LogP contribution in [0.4, 0.5) is 0 Å². The lowest BCUT2D eigenvalue weighted by Gasteiger charge is -2.23. The van der Waals surface area contributed by atoms with E-state index in [1.54, 1.807) is 19.0 Å². The Morgan fingerprint density at radius 3 is 2.42 bits per heavy atom. The van der Waals surface area contributed by atoms with Crippen LogP contribution in [0.1, 0.15) is 34.3 Å². The highest BCUT2D eigenvalue weighted by molar-refractivity contribution is 6.01. The highest BCUT2D eigenvalue weighted by Crippen LogP contribution is 2.17. The molecule has 1 unspecified atom stereocenters. The number of rotatable bonds is 6. The van der Waals surface area contributed by atoms with Crippen molar-refractivity contribution in [2.24, 2.45) is 0 Å². The molecule has 0 saturated carbocycles. The molecule has 1 atom stereocenters. The monoisotopic (exact) mass is 263 g/mol. The maximum Gasteiger partial charge on any atom is 0.303 e. The minimum atomic E-state index is -0.874. The van der Waals surface area contributed by atoms with Crippen LogP contribution < -0.4 is 0 Å². The van der Waals surface area contributed by atoms with Crippen LogP contribution in [0, 0.1) is 13.8 Å². The maximum atomic E-state index is 12.5. The zero-order valence-corrected chi connectivity index (χ0v) is 11.9. The van der Waals surface area contributed by atoms with Gasteiger partial charge in [-0.1, -0.05) is 17.7 Å². The number of likely N-dealkylation sites (N-methyl/N-ethyl adjacent to an activating group) is 1. The van der Waals surface area contributed by atoms with E-state index in [1.165, 1.54) is 0 Å². The third-order valence-corrected chi connectivity index (χ3v) is 3.22. The summed E-state index contributed by atoms with van der Waals surface area (Å²) in [5.41, 5.74) is 2.64.